The second kappa shape index (κ2) is 8.09. The number of anilines is 1. The lowest BCUT2D eigenvalue weighted by atomic mass is 9.91. The van der Waals surface area contributed by atoms with E-state index in [-0.39, 0.29) is 29.7 Å². The van der Waals surface area contributed by atoms with E-state index >= 15 is 0 Å². The molecule has 176 valence electrons. The molecule has 0 radical (unpaired) electrons. The van der Waals surface area contributed by atoms with Gasteiger partial charge in [-0.25, -0.2) is 8.78 Å². The molecule has 2 N–H and O–H groups in total. The Hall–Kier alpha value is -3.01. The summed E-state index contributed by atoms with van der Waals surface area (Å²) in [7, 11) is 0. The minimum atomic E-state index is -3.69. The Kier molecular flexibility index (Phi) is 5.35. The van der Waals surface area contributed by atoms with Crippen LogP contribution in [0.15, 0.2) is 30.3 Å². The average Bonchev–Trinajstić information content (AvgIpc) is 3.32. The Morgan fingerprint density at radius 1 is 1.12 bits per heavy atom. The van der Waals surface area contributed by atoms with Gasteiger partial charge in [0, 0.05) is 44.6 Å². The van der Waals surface area contributed by atoms with Gasteiger partial charge in [-0.15, -0.1) is 8.78 Å². The molecule has 2 unspecified atom stereocenters. The number of benzene rings is 2. The zero-order valence-corrected chi connectivity index (χ0v) is 17.7. The fourth-order valence-electron chi connectivity index (χ4n) is 4.95. The summed E-state index contributed by atoms with van der Waals surface area (Å²) in [6.07, 6.45) is -2.36. The van der Waals surface area contributed by atoms with Crippen LogP contribution >= 0.6 is 0 Å². The molecule has 2 aliphatic heterocycles. The van der Waals surface area contributed by atoms with Crippen molar-refractivity contribution in [3.8, 4) is 11.5 Å². The molecule has 0 saturated carbocycles. The Bertz CT molecular complexity index is 1090. The number of carbonyl (C=O) groups excluding carboxylic acids is 1. The summed E-state index contributed by atoms with van der Waals surface area (Å²) in [5.74, 6) is -2.13. The van der Waals surface area contributed by atoms with Gasteiger partial charge in [-0.3, -0.25) is 4.79 Å². The first-order chi connectivity index (χ1) is 15.7. The second-order valence-electron chi connectivity index (χ2n) is 8.62. The molecule has 1 saturated heterocycles. The number of aryl methyl sites for hydroxylation is 1. The van der Waals surface area contributed by atoms with Crippen LogP contribution in [0.25, 0.3) is 0 Å². The summed E-state index contributed by atoms with van der Waals surface area (Å²) in [5, 5.41) is 0. The molecule has 1 amide bonds. The number of alkyl halides is 2. The standard InChI is InChI=1S/C23H23F4N3O3/c24-16-10-13-4-5-14(15(13)11-17(16)25)18(28)12-21(31)30-8-6-29(7-9-30)19-2-1-3-20-22(19)33-23(26,27)32-20/h1-3,10-11,14,18H,4-9,12,28H2. The first-order valence-corrected chi connectivity index (χ1v) is 10.9. The maximum Gasteiger partial charge on any atom is 0.586 e. The molecular weight excluding hydrogens is 442 g/mol. The van der Waals surface area contributed by atoms with E-state index in [1.54, 1.807) is 17.0 Å². The molecule has 5 rings (SSSR count). The van der Waals surface area contributed by atoms with Gasteiger partial charge in [-0.2, -0.15) is 0 Å². The molecule has 2 atom stereocenters. The molecular formula is C23H23F4N3O3. The van der Waals surface area contributed by atoms with Crippen molar-refractivity contribution in [3.63, 3.8) is 0 Å². The van der Waals surface area contributed by atoms with Gasteiger partial charge in [-0.05, 0) is 48.2 Å². The van der Waals surface area contributed by atoms with Crippen LogP contribution in [0, 0.1) is 11.6 Å². The second-order valence-corrected chi connectivity index (χ2v) is 8.62. The van der Waals surface area contributed by atoms with Gasteiger partial charge < -0.3 is 25.0 Å². The minimum absolute atomic E-state index is 0.00661. The van der Waals surface area contributed by atoms with Crippen molar-refractivity contribution in [2.45, 2.75) is 37.5 Å². The van der Waals surface area contributed by atoms with E-state index in [1.165, 1.54) is 18.2 Å². The SMILES string of the molecule is NC(CC(=O)N1CCN(c2cccc3c2OC(F)(F)O3)CC1)C1CCc2cc(F)c(F)cc21. The van der Waals surface area contributed by atoms with Crippen LogP contribution in [0.3, 0.4) is 0 Å². The van der Waals surface area contributed by atoms with Crippen LogP contribution in [0.1, 0.15) is 29.9 Å². The van der Waals surface area contributed by atoms with Crippen LogP contribution in [-0.4, -0.2) is 49.3 Å². The van der Waals surface area contributed by atoms with Gasteiger partial charge >= 0.3 is 6.29 Å². The summed E-state index contributed by atoms with van der Waals surface area (Å²) in [6, 6.07) is 6.61. The third-order valence-corrected chi connectivity index (χ3v) is 6.61. The van der Waals surface area contributed by atoms with Gasteiger partial charge in [0.05, 0.1) is 5.69 Å². The monoisotopic (exact) mass is 465 g/mol. The van der Waals surface area contributed by atoms with Crippen molar-refractivity contribution >= 4 is 11.6 Å². The van der Waals surface area contributed by atoms with Gasteiger partial charge in [0.2, 0.25) is 5.91 Å². The van der Waals surface area contributed by atoms with Crippen molar-refractivity contribution in [1.29, 1.82) is 0 Å². The van der Waals surface area contributed by atoms with Crippen molar-refractivity contribution < 1.29 is 31.8 Å². The van der Waals surface area contributed by atoms with Crippen LogP contribution in [-0.2, 0) is 11.2 Å². The number of nitrogens with zero attached hydrogens (tertiary/aromatic N) is 2. The molecule has 2 aromatic rings. The molecule has 0 aromatic heterocycles. The number of para-hydroxylation sites is 1. The van der Waals surface area contributed by atoms with E-state index in [9.17, 15) is 22.4 Å². The topological polar surface area (TPSA) is 68.0 Å². The van der Waals surface area contributed by atoms with E-state index < -0.39 is 24.0 Å². The number of halogens is 4. The highest BCUT2D eigenvalue weighted by molar-refractivity contribution is 5.77. The van der Waals surface area contributed by atoms with Gasteiger partial charge in [-0.1, -0.05) is 6.07 Å². The van der Waals surface area contributed by atoms with Crippen LogP contribution < -0.4 is 20.1 Å². The smallest absolute Gasteiger partial charge is 0.395 e. The molecule has 0 bridgehead atoms. The first kappa shape index (κ1) is 21.8. The number of rotatable bonds is 4. The van der Waals surface area contributed by atoms with Crippen LogP contribution in [0.5, 0.6) is 11.5 Å². The number of piperazine rings is 1. The lowest BCUT2D eigenvalue weighted by Crippen LogP contribution is -2.50. The van der Waals surface area contributed by atoms with E-state index in [4.69, 9.17) is 5.73 Å². The highest BCUT2D eigenvalue weighted by Gasteiger charge is 2.45. The zero-order chi connectivity index (χ0) is 23.3. The molecule has 1 fully saturated rings. The normalized spacial score (nSPS) is 21.8. The number of amides is 1. The highest BCUT2D eigenvalue weighted by atomic mass is 19.3. The van der Waals surface area contributed by atoms with E-state index in [2.05, 4.69) is 9.47 Å². The molecule has 10 heteroatoms. The number of hydrogen-bond acceptors (Lipinski definition) is 5. The van der Waals surface area contributed by atoms with E-state index in [0.29, 0.717) is 50.3 Å². The largest absolute Gasteiger partial charge is 0.586 e. The molecule has 3 aliphatic rings. The summed E-state index contributed by atoms with van der Waals surface area (Å²) in [4.78, 5) is 16.4. The maximum absolute atomic E-state index is 13.7. The highest BCUT2D eigenvalue weighted by Crippen LogP contribution is 2.47. The maximum atomic E-state index is 13.7. The van der Waals surface area contributed by atoms with Crippen molar-refractivity contribution in [2.75, 3.05) is 31.1 Å². The van der Waals surface area contributed by atoms with Crippen LogP contribution in [0.2, 0.25) is 0 Å². The molecule has 1 aliphatic carbocycles. The summed E-state index contributed by atoms with van der Waals surface area (Å²) < 4.78 is 63.3. The third kappa shape index (κ3) is 4.07. The Labute approximate surface area is 187 Å². The number of hydrogen-bond donors (Lipinski definition) is 1. The van der Waals surface area contributed by atoms with Gasteiger partial charge in [0.1, 0.15) is 0 Å². The lowest BCUT2D eigenvalue weighted by molar-refractivity contribution is -0.286. The fourth-order valence-corrected chi connectivity index (χ4v) is 4.95. The third-order valence-electron chi connectivity index (χ3n) is 6.61. The average molecular weight is 465 g/mol. The quantitative estimate of drug-likeness (QED) is 0.702. The number of fused-ring (bicyclic) bond motifs is 2. The molecule has 2 aromatic carbocycles. The Balaban J connectivity index is 1.20. The molecule has 33 heavy (non-hydrogen) atoms. The molecule has 2 heterocycles. The number of nitrogens with two attached hydrogens (primary N) is 1. The van der Waals surface area contributed by atoms with Gasteiger partial charge in [0.25, 0.3) is 0 Å². The van der Waals surface area contributed by atoms with Crippen molar-refractivity contribution in [2.24, 2.45) is 5.73 Å². The van der Waals surface area contributed by atoms with Gasteiger partial charge in [0.15, 0.2) is 23.1 Å². The van der Waals surface area contributed by atoms with Crippen LogP contribution in [0.4, 0.5) is 23.2 Å². The molecule has 0 spiro atoms. The molecule has 6 nitrogen and oxygen atoms in total. The lowest BCUT2D eigenvalue weighted by Gasteiger charge is -2.37. The minimum Gasteiger partial charge on any atom is -0.395 e. The van der Waals surface area contributed by atoms with E-state index in [0.717, 1.165) is 5.56 Å². The summed E-state index contributed by atoms with van der Waals surface area (Å²) in [5.41, 5.74) is 8.23. The van der Waals surface area contributed by atoms with Crippen molar-refractivity contribution in [1.82, 2.24) is 4.90 Å². The predicted molar refractivity (Wildman–Crippen MR) is 111 cm³/mol. The summed E-state index contributed by atoms with van der Waals surface area (Å²) in [6.45, 7) is 1.66. The van der Waals surface area contributed by atoms with Crippen molar-refractivity contribution in [3.05, 3.63) is 53.1 Å². The predicted octanol–water partition coefficient (Wildman–Crippen LogP) is 3.38. The number of ether oxygens (including phenoxy) is 2. The Morgan fingerprint density at radius 3 is 2.61 bits per heavy atom. The zero-order valence-electron chi connectivity index (χ0n) is 17.7. The van der Waals surface area contributed by atoms with E-state index in [1.807, 2.05) is 4.90 Å². The first-order valence-electron chi connectivity index (χ1n) is 10.9. The Morgan fingerprint density at radius 2 is 1.85 bits per heavy atom. The fraction of sp³-hybridized carbons (Fsp3) is 0.435. The summed E-state index contributed by atoms with van der Waals surface area (Å²) >= 11 is 0. The number of carbonyl (C=O) groups is 1.